The highest BCUT2D eigenvalue weighted by molar-refractivity contribution is 5.97. The quantitative estimate of drug-likeness (QED) is 0.576. The molecule has 28 heavy (non-hydrogen) atoms. The molecule has 0 bridgehead atoms. The molecule has 0 saturated carbocycles. The molecule has 0 spiro atoms. The number of carbonyl (C=O) groups is 1. The summed E-state index contributed by atoms with van der Waals surface area (Å²) in [5.74, 6) is -0.315. The molecule has 1 saturated heterocycles. The molecule has 7 heteroatoms. The third-order valence-electron chi connectivity index (χ3n) is 5.22. The van der Waals surface area contributed by atoms with Crippen molar-refractivity contribution in [2.24, 2.45) is 0 Å². The van der Waals surface area contributed by atoms with Gasteiger partial charge in [-0.05, 0) is 56.4 Å². The second kappa shape index (κ2) is 8.73. The average molecular weight is 382 g/mol. The average Bonchev–Trinajstić information content (AvgIpc) is 2.70. The minimum atomic E-state index is -0.471. The Morgan fingerprint density at radius 3 is 2.54 bits per heavy atom. The number of rotatable bonds is 6. The lowest BCUT2D eigenvalue weighted by molar-refractivity contribution is -0.384. The zero-order valence-electron chi connectivity index (χ0n) is 16.3. The van der Waals surface area contributed by atoms with Gasteiger partial charge in [0.2, 0.25) is 5.91 Å². The highest BCUT2D eigenvalue weighted by Gasteiger charge is 2.20. The van der Waals surface area contributed by atoms with E-state index in [1.807, 2.05) is 25.1 Å². The molecule has 1 aliphatic rings. The molecule has 0 aliphatic carbocycles. The summed E-state index contributed by atoms with van der Waals surface area (Å²) in [7, 11) is 0. The molecule has 148 valence electrons. The van der Waals surface area contributed by atoms with E-state index in [9.17, 15) is 14.9 Å². The smallest absolute Gasteiger partial charge is 0.293 e. The van der Waals surface area contributed by atoms with E-state index >= 15 is 0 Å². The minimum absolute atomic E-state index is 0.0371. The van der Waals surface area contributed by atoms with Gasteiger partial charge in [-0.3, -0.25) is 14.9 Å². The Morgan fingerprint density at radius 1 is 1.11 bits per heavy atom. The van der Waals surface area contributed by atoms with Crippen molar-refractivity contribution in [1.29, 1.82) is 0 Å². The first kappa shape index (κ1) is 19.7. The third-order valence-corrected chi connectivity index (χ3v) is 5.22. The van der Waals surface area contributed by atoms with Gasteiger partial charge in [-0.25, -0.2) is 0 Å². The molecule has 2 N–H and O–H groups in total. The number of nitro benzene ring substituents is 1. The van der Waals surface area contributed by atoms with Gasteiger partial charge >= 0.3 is 0 Å². The van der Waals surface area contributed by atoms with Crippen LogP contribution in [0.5, 0.6) is 0 Å². The number of hydrogen-bond acceptors (Lipinski definition) is 5. The molecule has 1 amide bonds. The predicted octanol–water partition coefficient (Wildman–Crippen LogP) is 4.25. The van der Waals surface area contributed by atoms with E-state index in [4.69, 9.17) is 0 Å². The molecular weight excluding hydrogens is 356 g/mol. The molecule has 3 rings (SSSR count). The maximum atomic E-state index is 12.5. The monoisotopic (exact) mass is 382 g/mol. The normalized spacial score (nSPS) is 13.9. The predicted molar refractivity (Wildman–Crippen MR) is 112 cm³/mol. The van der Waals surface area contributed by atoms with Crippen LogP contribution in [0.2, 0.25) is 0 Å². The SMILES string of the molecule is Cc1ccc([N+](=O)[O-])c(NC(=O)CNc2ccccc2N2CCCCC2)c1C. The van der Waals surface area contributed by atoms with Gasteiger partial charge < -0.3 is 15.5 Å². The Kier molecular flexibility index (Phi) is 6.13. The second-order valence-corrected chi connectivity index (χ2v) is 7.13. The highest BCUT2D eigenvalue weighted by Crippen LogP contribution is 2.31. The molecule has 7 nitrogen and oxygen atoms in total. The summed E-state index contributed by atoms with van der Waals surface area (Å²) in [6, 6.07) is 11.1. The zero-order chi connectivity index (χ0) is 20.1. The summed E-state index contributed by atoms with van der Waals surface area (Å²) in [4.78, 5) is 25.7. The first-order chi connectivity index (χ1) is 13.5. The van der Waals surface area contributed by atoms with Crippen molar-refractivity contribution in [3.63, 3.8) is 0 Å². The van der Waals surface area contributed by atoms with Crippen molar-refractivity contribution in [2.75, 3.05) is 35.2 Å². The fraction of sp³-hybridized carbons (Fsp3) is 0.381. The van der Waals surface area contributed by atoms with Crippen LogP contribution < -0.4 is 15.5 Å². The third kappa shape index (κ3) is 4.42. The lowest BCUT2D eigenvalue weighted by Crippen LogP contribution is -2.30. The maximum Gasteiger partial charge on any atom is 0.293 e. The number of anilines is 3. The van der Waals surface area contributed by atoms with Crippen molar-refractivity contribution in [1.82, 2.24) is 0 Å². The number of piperidine rings is 1. The van der Waals surface area contributed by atoms with Crippen LogP contribution >= 0.6 is 0 Å². The van der Waals surface area contributed by atoms with Gasteiger partial charge in [-0.15, -0.1) is 0 Å². The standard InChI is InChI=1S/C21H26N4O3/c1-15-10-11-19(25(27)28)21(16(15)2)23-20(26)14-22-17-8-4-5-9-18(17)24-12-6-3-7-13-24/h4-5,8-11,22H,3,6-7,12-14H2,1-2H3,(H,23,26). The molecule has 1 heterocycles. The minimum Gasteiger partial charge on any atom is -0.374 e. The fourth-order valence-electron chi connectivity index (χ4n) is 3.50. The van der Waals surface area contributed by atoms with Gasteiger partial charge in [0.1, 0.15) is 5.69 Å². The van der Waals surface area contributed by atoms with Crippen molar-refractivity contribution in [3.8, 4) is 0 Å². The largest absolute Gasteiger partial charge is 0.374 e. The Balaban J connectivity index is 1.71. The van der Waals surface area contributed by atoms with E-state index in [-0.39, 0.29) is 23.8 Å². The summed E-state index contributed by atoms with van der Waals surface area (Å²) >= 11 is 0. The van der Waals surface area contributed by atoms with E-state index in [0.29, 0.717) is 5.56 Å². The van der Waals surface area contributed by atoms with Gasteiger partial charge in [-0.1, -0.05) is 18.2 Å². The lowest BCUT2D eigenvalue weighted by atomic mass is 10.1. The number of hydrogen-bond donors (Lipinski definition) is 2. The number of amides is 1. The fourth-order valence-corrected chi connectivity index (χ4v) is 3.50. The van der Waals surface area contributed by atoms with Crippen molar-refractivity contribution in [3.05, 3.63) is 57.6 Å². The summed E-state index contributed by atoms with van der Waals surface area (Å²) < 4.78 is 0. The summed E-state index contributed by atoms with van der Waals surface area (Å²) in [6.45, 7) is 5.70. The van der Waals surface area contributed by atoms with Crippen LogP contribution in [-0.2, 0) is 4.79 Å². The van der Waals surface area contributed by atoms with Crippen LogP contribution in [0.1, 0.15) is 30.4 Å². The molecule has 1 aliphatic heterocycles. The molecule has 0 unspecified atom stereocenters. The molecule has 0 radical (unpaired) electrons. The molecule has 0 atom stereocenters. The van der Waals surface area contributed by atoms with Crippen LogP contribution in [0.4, 0.5) is 22.7 Å². The van der Waals surface area contributed by atoms with Gasteiger partial charge in [0, 0.05) is 19.2 Å². The van der Waals surface area contributed by atoms with Crippen LogP contribution in [0.15, 0.2) is 36.4 Å². The number of nitrogens with zero attached hydrogens (tertiary/aromatic N) is 2. The van der Waals surface area contributed by atoms with Crippen LogP contribution in [0.25, 0.3) is 0 Å². The number of nitrogens with one attached hydrogen (secondary N) is 2. The van der Waals surface area contributed by atoms with Crippen molar-refractivity contribution in [2.45, 2.75) is 33.1 Å². The molecule has 0 aromatic heterocycles. The Bertz CT molecular complexity index is 876. The Labute approximate surface area is 164 Å². The molecular formula is C21H26N4O3. The van der Waals surface area contributed by atoms with Crippen LogP contribution in [0.3, 0.4) is 0 Å². The van der Waals surface area contributed by atoms with E-state index in [1.54, 1.807) is 13.0 Å². The highest BCUT2D eigenvalue weighted by atomic mass is 16.6. The first-order valence-corrected chi connectivity index (χ1v) is 9.59. The summed E-state index contributed by atoms with van der Waals surface area (Å²) in [5, 5.41) is 17.2. The van der Waals surface area contributed by atoms with Gasteiger partial charge in [0.05, 0.1) is 22.8 Å². The number of carbonyl (C=O) groups excluding carboxylic acids is 1. The topological polar surface area (TPSA) is 87.5 Å². The van der Waals surface area contributed by atoms with E-state index in [2.05, 4.69) is 21.6 Å². The van der Waals surface area contributed by atoms with Crippen molar-refractivity contribution >= 4 is 28.7 Å². The van der Waals surface area contributed by atoms with Gasteiger partial charge in [0.15, 0.2) is 0 Å². The van der Waals surface area contributed by atoms with Crippen molar-refractivity contribution < 1.29 is 9.72 Å². The summed E-state index contributed by atoms with van der Waals surface area (Å²) in [5.41, 5.74) is 3.76. The Hall–Kier alpha value is -3.09. The second-order valence-electron chi connectivity index (χ2n) is 7.13. The summed E-state index contributed by atoms with van der Waals surface area (Å²) in [6.07, 6.45) is 3.60. The maximum absolute atomic E-state index is 12.5. The lowest BCUT2D eigenvalue weighted by Gasteiger charge is -2.30. The number of aryl methyl sites for hydroxylation is 1. The number of para-hydroxylation sites is 2. The van der Waals surface area contributed by atoms with Gasteiger partial charge in [-0.2, -0.15) is 0 Å². The van der Waals surface area contributed by atoms with E-state index in [1.165, 1.54) is 25.3 Å². The molecule has 2 aromatic carbocycles. The first-order valence-electron chi connectivity index (χ1n) is 9.59. The zero-order valence-corrected chi connectivity index (χ0v) is 16.3. The van der Waals surface area contributed by atoms with Crippen LogP contribution in [-0.4, -0.2) is 30.5 Å². The van der Waals surface area contributed by atoms with E-state index in [0.717, 1.165) is 30.0 Å². The van der Waals surface area contributed by atoms with Crippen LogP contribution in [0, 0.1) is 24.0 Å². The Morgan fingerprint density at radius 2 is 1.82 bits per heavy atom. The number of benzene rings is 2. The number of nitro groups is 1. The van der Waals surface area contributed by atoms with Gasteiger partial charge in [0.25, 0.3) is 5.69 Å². The molecule has 1 fully saturated rings. The molecule has 2 aromatic rings. The van der Waals surface area contributed by atoms with E-state index < -0.39 is 4.92 Å².